The molecular weight excluding hydrogens is 398 g/mol. The number of benzene rings is 1. The highest BCUT2D eigenvalue weighted by Gasteiger charge is 2.35. The summed E-state index contributed by atoms with van der Waals surface area (Å²) in [6, 6.07) is 7.41. The van der Waals surface area contributed by atoms with Gasteiger partial charge in [0, 0.05) is 10.2 Å². The van der Waals surface area contributed by atoms with E-state index in [1.54, 1.807) is 4.68 Å². The van der Waals surface area contributed by atoms with Crippen LogP contribution in [0.1, 0.15) is 50.6 Å². The molecule has 1 atom stereocenters. The van der Waals surface area contributed by atoms with Crippen molar-refractivity contribution in [1.82, 2.24) is 20.2 Å². The quantitative estimate of drug-likeness (QED) is 0.768. The van der Waals surface area contributed by atoms with Crippen molar-refractivity contribution in [3.05, 3.63) is 45.6 Å². The van der Waals surface area contributed by atoms with Crippen LogP contribution in [-0.2, 0) is 9.53 Å². The maximum absolute atomic E-state index is 13.0. The Hall–Kier alpha value is -2.22. The summed E-state index contributed by atoms with van der Waals surface area (Å²) in [5.41, 5.74) is 2.21. The van der Waals surface area contributed by atoms with Crippen LogP contribution in [-0.4, -0.2) is 32.3 Å². The molecule has 1 aliphatic heterocycles. The number of anilines is 1. The molecule has 1 aromatic carbocycles. The van der Waals surface area contributed by atoms with Crippen molar-refractivity contribution in [2.45, 2.75) is 51.2 Å². The van der Waals surface area contributed by atoms with Crippen molar-refractivity contribution >= 4 is 27.8 Å². The highest BCUT2D eigenvalue weighted by atomic mass is 79.9. The van der Waals surface area contributed by atoms with Gasteiger partial charge in [0.25, 0.3) is 0 Å². The third-order valence-electron chi connectivity index (χ3n) is 4.95. The zero-order valence-corrected chi connectivity index (χ0v) is 16.1. The van der Waals surface area contributed by atoms with Gasteiger partial charge in [-0.25, -0.2) is 4.79 Å². The fourth-order valence-corrected chi connectivity index (χ4v) is 3.89. The molecule has 1 aliphatic carbocycles. The molecule has 1 fully saturated rings. The number of tetrazole rings is 1. The fourth-order valence-electron chi connectivity index (χ4n) is 3.63. The number of nitrogens with one attached hydrogen (secondary N) is 1. The minimum absolute atomic E-state index is 0.00242. The van der Waals surface area contributed by atoms with E-state index >= 15 is 0 Å². The first kappa shape index (κ1) is 17.2. The minimum Gasteiger partial charge on any atom is -0.459 e. The number of rotatable bonds is 3. The Morgan fingerprint density at radius 1 is 1.23 bits per heavy atom. The fraction of sp³-hybridized carbons (Fsp3) is 0.444. The van der Waals surface area contributed by atoms with E-state index in [0.29, 0.717) is 11.5 Å². The Balaban J connectivity index is 1.69. The Labute approximate surface area is 159 Å². The van der Waals surface area contributed by atoms with Gasteiger partial charge in [-0.05, 0) is 60.7 Å². The normalized spacial score (nSPS) is 20.5. The van der Waals surface area contributed by atoms with E-state index in [9.17, 15) is 4.79 Å². The Morgan fingerprint density at radius 2 is 1.96 bits per heavy atom. The Kier molecular flexibility index (Phi) is 4.76. The summed E-state index contributed by atoms with van der Waals surface area (Å²) in [5.74, 6) is 0.223. The molecule has 0 spiro atoms. The van der Waals surface area contributed by atoms with Crippen LogP contribution in [0.4, 0.5) is 5.95 Å². The third-order valence-corrected chi connectivity index (χ3v) is 5.47. The summed E-state index contributed by atoms with van der Waals surface area (Å²) < 4.78 is 8.44. The maximum atomic E-state index is 13.0. The molecule has 0 bridgehead atoms. The first-order chi connectivity index (χ1) is 12.6. The molecule has 1 aromatic heterocycles. The van der Waals surface area contributed by atoms with Crippen molar-refractivity contribution < 1.29 is 9.53 Å². The van der Waals surface area contributed by atoms with Crippen LogP contribution in [0.25, 0.3) is 0 Å². The molecule has 2 aliphatic rings. The Bertz CT molecular complexity index is 840. The van der Waals surface area contributed by atoms with Gasteiger partial charge in [0.2, 0.25) is 5.95 Å². The number of carbonyl (C=O) groups is 1. The number of hydrogen-bond donors (Lipinski definition) is 1. The lowest BCUT2D eigenvalue weighted by Gasteiger charge is -2.29. The number of aromatic nitrogens is 4. The summed E-state index contributed by atoms with van der Waals surface area (Å²) in [6.07, 6.45) is 5.31. The molecular formula is C18H20BrN5O2. The van der Waals surface area contributed by atoms with E-state index < -0.39 is 6.04 Å². The van der Waals surface area contributed by atoms with E-state index in [-0.39, 0.29) is 12.1 Å². The number of esters is 1. The predicted molar refractivity (Wildman–Crippen MR) is 99.4 cm³/mol. The van der Waals surface area contributed by atoms with Gasteiger partial charge in [-0.15, -0.1) is 0 Å². The zero-order chi connectivity index (χ0) is 18.1. The third kappa shape index (κ3) is 3.25. The first-order valence-corrected chi connectivity index (χ1v) is 9.65. The van der Waals surface area contributed by atoms with Gasteiger partial charge in [-0.1, -0.05) is 39.6 Å². The molecule has 2 aromatic rings. The smallest absolute Gasteiger partial charge is 0.338 e. The zero-order valence-electron chi connectivity index (χ0n) is 14.5. The SMILES string of the molecule is CC1=C(C(=O)OC2CCCCC2)C(c2ccc(Br)cc2)n2nnnc2N1. The summed E-state index contributed by atoms with van der Waals surface area (Å²) in [7, 11) is 0. The maximum Gasteiger partial charge on any atom is 0.338 e. The number of fused-ring (bicyclic) bond motifs is 1. The van der Waals surface area contributed by atoms with Crippen LogP contribution in [0.2, 0.25) is 0 Å². The van der Waals surface area contributed by atoms with Crippen molar-refractivity contribution in [3.8, 4) is 0 Å². The molecule has 1 unspecified atom stereocenters. The first-order valence-electron chi connectivity index (χ1n) is 8.85. The molecule has 0 saturated heterocycles. The molecule has 7 nitrogen and oxygen atoms in total. The van der Waals surface area contributed by atoms with Crippen LogP contribution < -0.4 is 5.32 Å². The lowest BCUT2D eigenvalue weighted by Crippen LogP contribution is -2.32. The monoisotopic (exact) mass is 417 g/mol. The Morgan fingerprint density at radius 3 is 2.69 bits per heavy atom. The van der Waals surface area contributed by atoms with Crippen molar-refractivity contribution in [3.63, 3.8) is 0 Å². The number of carbonyl (C=O) groups excluding carboxylic acids is 1. The highest BCUT2D eigenvalue weighted by molar-refractivity contribution is 9.10. The lowest BCUT2D eigenvalue weighted by atomic mass is 9.95. The van der Waals surface area contributed by atoms with Gasteiger partial charge in [-0.3, -0.25) is 0 Å². The van der Waals surface area contributed by atoms with Gasteiger partial charge in [0.1, 0.15) is 12.1 Å². The largest absolute Gasteiger partial charge is 0.459 e. The standard InChI is InChI=1S/C18H20BrN5O2/c1-11-15(17(25)26-14-5-3-2-4-6-14)16(12-7-9-13(19)10-8-12)24-18(20-11)21-22-23-24/h7-10,14,16H,2-6H2,1H3,(H,20,21,23). The molecule has 26 heavy (non-hydrogen) atoms. The summed E-state index contributed by atoms with van der Waals surface area (Å²) in [4.78, 5) is 13.0. The summed E-state index contributed by atoms with van der Waals surface area (Å²) in [6.45, 7) is 1.86. The molecule has 136 valence electrons. The van der Waals surface area contributed by atoms with Crippen molar-refractivity contribution in [2.24, 2.45) is 0 Å². The van der Waals surface area contributed by atoms with Gasteiger partial charge >= 0.3 is 5.97 Å². The molecule has 4 rings (SSSR count). The van der Waals surface area contributed by atoms with E-state index in [4.69, 9.17) is 4.74 Å². The number of nitrogens with zero attached hydrogens (tertiary/aromatic N) is 4. The number of hydrogen-bond acceptors (Lipinski definition) is 6. The van der Waals surface area contributed by atoms with Crippen molar-refractivity contribution in [1.29, 1.82) is 0 Å². The van der Waals surface area contributed by atoms with E-state index in [0.717, 1.165) is 41.4 Å². The lowest BCUT2D eigenvalue weighted by molar-refractivity contribution is -0.146. The van der Waals surface area contributed by atoms with Gasteiger partial charge < -0.3 is 10.1 Å². The average molecular weight is 418 g/mol. The van der Waals surface area contributed by atoms with E-state index in [1.807, 2.05) is 31.2 Å². The molecule has 1 saturated carbocycles. The number of allylic oxidation sites excluding steroid dienone is 1. The molecule has 1 N–H and O–H groups in total. The van der Waals surface area contributed by atoms with Gasteiger partial charge in [0.15, 0.2) is 0 Å². The summed E-state index contributed by atoms with van der Waals surface area (Å²) >= 11 is 3.45. The molecule has 8 heteroatoms. The van der Waals surface area contributed by atoms with Crippen LogP contribution >= 0.6 is 15.9 Å². The van der Waals surface area contributed by atoms with Crippen LogP contribution in [0.5, 0.6) is 0 Å². The summed E-state index contributed by atoms with van der Waals surface area (Å²) in [5, 5.41) is 15.0. The molecule has 2 heterocycles. The van der Waals surface area contributed by atoms with Crippen LogP contribution in [0, 0.1) is 0 Å². The molecule has 0 radical (unpaired) electrons. The van der Waals surface area contributed by atoms with Gasteiger partial charge in [-0.2, -0.15) is 4.68 Å². The van der Waals surface area contributed by atoms with E-state index in [1.165, 1.54) is 6.42 Å². The second-order valence-corrected chi connectivity index (χ2v) is 7.65. The van der Waals surface area contributed by atoms with Gasteiger partial charge in [0.05, 0.1) is 5.57 Å². The predicted octanol–water partition coefficient (Wildman–Crippen LogP) is 3.60. The second-order valence-electron chi connectivity index (χ2n) is 6.73. The van der Waals surface area contributed by atoms with Crippen molar-refractivity contribution in [2.75, 3.05) is 5.32 Å². The number of halogens is 1. The van der Waals surface area contributed by atoms with Crippen LogP contribution in [0.3, 0.4) is 0 Å². The van der Waals surface area contributed by atoms with Crippen LogP contribution in [0.15, 0.2) is 40.0 Å². The number of ether oxygens (including phenoxy) is 1. The minimum atomic E-state index is -0.412. The average Bonchev–Trinajstić information content (AvgIpc) is 3.10. The topological polar surface area (TPSA) is 81.9 Å². The highest BCUT2D eigenvalue weighted by Crippen LogP contribution is 2.36. The molecule has 0 amide bonds. The second kappa shape index (κ2) is 7.19. The van der Waals surface area contributed by atoms with E-state index in [2.05, 4.69) is 36.8 Å².